The van der Waals surface area contributed by atoms with Crippen LogP contribution in [0.5, 0.6) is 0 Å². The molecule has 0 heterocycles. The fraction of sp³-hybridized carbons (Fsp3) is 0.800. The summed E-state index contributed by atoms with van der Waals surface area (Å²) >= 11 is 0. The van der Waals surface area contributed by atoms with Crippen LogP contribution in [0.3, 0.4) is 0 Å². The summed E-state index contributed by atoms with van der Waals surface area (Å²) in [5.41, 5.74) is 1.14. The first-order valence-electron chi connectivity index (χ1n) is 9.29. The number of ketones is 2. The van der Waals surface area contributed by atoms with Gasteiger partial charge in [0.1, 0.15) is 5.78 Å². The van der Waals surface area contributed by atoms with Crippen LogP contribution in [0.1, 0.15) is 58.8 Å². The smallest absolute Gasteiger partial charge is 0.159 e. The molecule has 3 fully saturated rings. The number of carbonyl (C=O) groups excluding carboxylic acids is 2. The van der Waals surface area contributed by atoms with E-state index >= 15 is 0 Å². The van der Waals surface area contributed by atoms with Crippen molar-refractivity contribution in [3.05, 3.63) is 11.6 Å². The zero-order valence-electron chi connectivity index (χ0n) is 14.3. The molecule has 0 aliphatic heterocycles. The average Bonchev–Trinajstić information content (AvgIpc) is 2.83. The summed E-state index contributed by atoms with van der Waals surface area (Å²) in [7, 11) is 0. The van der Waals surface area contributed by atoms with Crippen molar-refractivity contribution in [1.29, 1.82) is 0 Å². The Bertz CT molecular complexity index is 592. The Morgan fingerprint density at radius 2 is 1.78 bits per heavy atom. The van der Waals surface area contributed by atoms with Gasteiger partial charge in [0.15, 0.2) is 5.78 Å². The molecule has 0 spiro atoms. The van der Waals surface area contributed by atoms with Gasteiger partial charge in [0.2, 0.25) is 0 Å². The number of hydrogen-bond acceptors (Lipinski definition) is 3. The second-order valence-electron chi connectivity index (χ2n) is 8.94. The van der Waals surface area contributed by atoms with Crippen LogP contribution in [0.15, 0.2) is 11.6 Å². The van der Waals surface area contributed by atoms with Crippen LogP contribution in [0.25, 0.3) is 0 Å². The average molecular weight is 316 g/mol. The van der Waals surface area contributed by atoms with Crippen molar-refractivity contribution in [3.8, 4) is 0 Å². The third-order valence-corrected chi connectivity index (χ3v) is 8.02. The molecule has 0 aromatic rings. The SMILES string of the molecule is C[C@]12CC[C@H](CO)CC1=CC(=O)C1C2CC[C@]2(C)C(=O)CCC12. The molecule has 0 radical (unpaired) electrons. The summed E-state index contributed by atoms with van der Waals surface area (Å²) in [4.78, 5) is 25.4. The van der Waals surface area contributed by atoms with Crippen molar-refractivity contribution in [1.82, 2.24) is 0 Å². The highest BCUT2D eigenvalue weighted by atomic mass is 16.3. The minimum absolute atomic E-state index is 0.0552. The van der Waals surface area contributed by atoms with E-state index < -0.39 is 0 Å². The van der Waals surface area contributed by atoms with Gasteiger partial charge in [0.05, 0.1) is 0 Å². The Labute approximate surface area is 138 Å². The van der Waals surface area contributed by atoms with Crippen LogP contribution in [0, 0.1) is 34.5 Å². The highest BCUT2D eigenvalue weighted by Crippen LogP contribution is 2.63. The number of aliphatic hydroxyl groups is 1. The number of carbonyl (C=O) groups is 2. The lowest BCUT2D eigenvalue weighted by Crippen LogP contribution is -2.53. The number of aliphatic hydroxyl groups excluding tert-OH is 1. The first-order valence-corrected chi connectivity index (χ1v) is 9.29. The largest absolute Gasteiger partial charge is 0.396 e. The fourth-order valence-electron chi connectivity index (χ4n) is 6.41. The molecule has 3 nitrogen and oxygen atoms in total. The first kappa shape index (κ1) is 15.6. The topological polar surface area (TPSA) is 54.4 Å². The number of Topliss-reactive ketones (excluding diaryl/α,β-unsaturated/α-hetero) is 1. The molecule has 0 aromatic carbocycles. The number of fused-ring (bicyclic) bond motifs is 5. The lowest BCUT2D eigenvalue weighted by Gasteiger charge is -2.56. The molecule has 6 atom stereocenters. The Balaban J connectivity index is 1.73. The van der Waals surface area contributed by atoms with Gasteiger partial charge in [-0.25, -0.2) is 0 Å². The molecular formula is C20H28O3. The summed E-state index contributed by atoms with van der Waals surface area (Å²) in [6.45, 7) is 4.68. The molecule has 0 amide bonds. The van der Waals surface area contributed by atoms with Crippen LogP contribution >= 0.6 is 0 Å². The van der Waals surface area contributed by atoms with Crippen molar-refractivity contribution in [2.45, 2.75) is 58.8 Å². The zero-order chi connectivity index (χ0) is 16.4. The maximum absolute atomic E-state index is 13.0. The van der Waals surface area contributed by atoms with E-state index in [1.165, 1.54) is 5.57 Å². The predicted molar refractivity (Wildman–Crippen MR) is 87.7 cm³/mol. The molecule has 126 valence electrons. The number of rotatable bonds is 1. The van der Waals surface area contributed by atoms with E-state index in [0.29, 0.717) is 24.0 Å². The van der Waals surface area contributed by atoms with Gasteiger partial charge in [-0.3, -0.25) is 9.59 Å². The highest BCUT2D eigenvalue weighted by Gasteiger charge is 2.60. The van der Waals surface area contributed by atoms with E-state index in [-0.39, 0.29) is 35.1 Å². The Morgan fingerprint density at radius 1 is 1.09 bits per heavy atom. The minimum Gasteiger partial charge on any atom is -0.396 e. The summed E-state index contributed by atoms with van der Waals surface area (Å²) in [6.07, 6.45) is 8.46. The molecule has 3 heteroatoms. The van der Waals surface area contributed by atoms with Gasteiger partial charge in [-0.15, -0.1) is 0 Å². The van der Waals surface area contributed by atoms with Crippen molar-refractivity contribution >= 4 is 11.6 Å². The molecule has 0 saturated heterocycles. The molecule has 4 aliphatic carbocycles. The van der Waals surface area contributed by atoms with Crippen molar-refractivity contribution in [2.75, 3.05) is 6.61 Å². The molecule has 0 aromatic heterocycles. The van der Waals surface area contributed by atoms with E-state index in [2.05, 4.69) is 13.8 Å². The van der Waals surface area contributed by atoms with Crippen LogP contribution < -0.4 is 0 Å². The molecule has 3 unspecified atom stereocenters. The molecule has 23 heavy (non-hydrogen) atoms. The number of allylic oxidation sites excluding steroid dienone is 2. The molecule has 3 saturated carbocycles. The van der Waals surface area contributed by atoms with Crippen LogP contribution in [0.2, 0.25) is 0 Å². The highest BCUT2D eigenvalue weighted by molar-refractivity contribution is 5.96. The summed E-state index contributed by atoms with van der Waals surface area (Å²) < 4.78 is 0. The first-order chi connectivity index (χ1) is 10.9. The third kappa shape index (κ3) is 1.98. The van der Waals surface area contributed by atoms with Crippen molar-refractivity contribution in [2.24, 2.45) is 34.5 Å². The molecule has 4 rings (SSSR count). The third-order valence-electron chi connectivity index (χ3n) is 8.02. The summed E-state index contributed by atoms with van der Waals surface area (Å²) in [6, 6.07) is 0. The predicted octanol–water partition coefficient (Wildman–Crippen LogP) is 3.31. The maximum atomic E-state index is 13.0. The van der Waals surface area contributed by atoms with Gasteiger partial charge in [-0.2, -0.15) is 0 Å². The molecule has 0 bridgehead atoms. The second-order valence-corrected chi connectivity index (χ2v) is 8.94. The monoisotopic (exact) mass is 316 g/mol. The second kappa shape index (κ2) is 5.02. The minimum atomic E-state index is -0.249. The van der Waals surface area contributed by atoms with Crippen molar-refractivity contribution in [3.63, 3.8) is 0 Å². The number of hydrogen-bond donors (Lipinski definition) is 1. The summed E-state index contributed by atoms with van der Waals surface area (Å²) in [5, 5.41) is 9.50. The lowest BCUT2D eigenvalue weighted by atomic mass is 9.47. The van der Waals surface area contributed by atoms with E-state index in [0.717, 1.165) is 38.5 Å². The van der Waals surface area contributed by atoms with Gasteiger partial charge in [0.25, 0.3) is 0 Å². The lowest BCUT2D eigenvalue weighted by molar-refractivity contribution is -0.139. The molecule has 1 N–H and O–H groups in total. The van der Waals surface area contributed by atoms with E-state index in [1.54, 1.807) is 0 Å². The van der Waals surface area contributed by atoms with Gasteiger partial charge in [0, 0.05) is 24.4 Å². The quantitative estimate of drug-likeness (QED) is 0.807. The van der Waals surface area contributed by atoms with Crippen LogP contribution in [-0.4, -0.2) is 23.3 Å². The van der Waals surface area contributed by atoms with Gasteiger partial charge < -0.3 is 5.11 Å². The Kier molecular flexibility index (Phi) is 3.39. The maximum Gasteiger partial charge on any atom is 0.159 e. The van der Waals surface area contributed by atoms with Gasteiger partial charge in [-0.05, 0) is 67.8 Å². The zero-order valence-corrected chi connectivity index (χ0v) is 14.3. The van der Waals surface area contributed by atoms with Crippen LogP contribution in [-0.2, 0) is 9.59 Å². The Morgan fingerprint density at radius 3 is 2.52 bits per heavy atom. The van der Waals surface area contributed by atoms with E-state index in [9.17, 15) is 14.7 Å². The van der Waals surface area contributed by atoms with E-state index in [4.69, 9.17) is 0 Å². The van der Waals surface area contributed by atoms with Crippen molar-refractivity contribution < 1.29 is 14.7 Å². The standard InChI is InChI=1S/C20H28O3/c1-19-7-5-12(11-21)9-13(19)10-16(22)18-14-3-4-17(23)20(14,2)8-6-15(18)19/h10,12,14-15,18,21H,3-9,11H2,1-2H3/t12-,14?,15?,18?,19-,20-/m0/s1. The normalized spacial score (nSPS) is 49.3. The Hall–Kier alpha value is -0.960. The van der Waals surface area contributed by atoms with E-state index in [1.807, 2.05) is 6.08 Å². The fourth-order valence-corrected chi connectivity index (χ4v) is 6.41. The molecular weight excluding hydrogens is 288 g/mol. The van der Waals surface area contributed by atoms with Crippen LogP contribution in [0.4, 0.5) is 0 Å². The summed E-state index contributed by atoms with van der Waals surface area (Å²) in [5.74, 6) is 1.69. The van der Waals surface area contributed by atoms with Gasteiger partial charge >= 0.3 is 0 Å². The van der Waals surface area contributed by atoms with Gasteiger partial charge in [-0.1, -0.05) is 19.4 Å². The molecule has 4 aliphatic rings.